The lowest BCUT2D eigenvalue weighted by Crippen LogP contribution is -2.25. The summed E-state index contributed by atoms with van der Waals surface area (Å²) in [4.78, 5) is 6.13. The Morgan fingerprint density at radius 1 is 1.67 bits per heavy atom. The van der Waals surface area contributed by atoms with Gasteiger partial charge >= 0.3 is 0 Å². The van der Waals surface area contributed by atoms with E-state index in [0.29, 0.717) is 5.69 Å². The maximum absolute atomic E-state index is 8.94. The van der Waals surface area contributed by atoms with Crippen molar-refractivity contribution < 1.29 is 0 Å². The number of likely N-dealkylation sites (N-methyl/N-ethyl adjacent to an activating group) is 1. The number of hydrogen-bond donors (Lipinski definition) is 0. The van der Waals surface area contributed by atoms with Gasteiger partial charge in [0.1, 0.15) is 6.07 Å². The second kappa shape index (κ2) is 5.16. The van der Waals surface area contributed by atoms with Crippen LogP contribution in [0.2, 0.25) is 0 Å². The fourth-order valence-corrected chi connectivity index (χ4v) is 1.43. The van der Waals surface area contributed by atoms with Crippen molar-refractivity contribution in [1.29, 1.82) is 5.26 Å². The minimum atomic E-state index is 0.473. The number of rotatable bonds is 4. The van der Waals surface area contributed by atoms with Crippen molar-refractivity contribution >= 4 is 5.69 Å². The summed E-state index contributed by atoms with van der Waals surface area (Å²) in [6.45, 7) is 9.51. The quantitative estimate of drug-likeness (QED) is 0.702. The molecule has 0 aromatic carbocycles. The predicted molar refractivity (Wildman–Crippen MR) is 61.7 cm³/mol. The third-order valence-electron chi connectivity index (χ3n) is 2.08. The van der Waals surface area contributed by atoms with Crippen LogP contribution in [0.5, 0.6) is 0 Å². The molecule has 0 bridgehead atoms. The summed E-state index contributed by atoms with van der Waals surface area (Å²) in [6.07, 6.45) is 1.64. The summed E-state index contributed by atoms with van der Waals surface area (Å²) >= 11 is 0. The fourth-order valence-electron chi connectivity index (χ4n) is 1.43. The second-order valence-electron chi connectivity index (χ2n) is 3.45. The molecule has 1 aromatic heterocycles. The maximum atomic E-state index is 8.94. The van der Waals surface area contributed by atoms with Crippen LogP contribution in [0, 0.1) is 11.3 Å². The summed E-state index contributed by atoms with van der Waals surface area (Å²) in [5.74, 6) is 0. The van der Waals surface area contributed by atoms with Crippen LogP contribution in [0.15, 0.2) is 30.5 Å². The average Bonchev–Trinajstić information content (AvgIpc) is 2.25. The van der Waals surface area contributed by atoms with Crippen LogP contribution in [0.25, 0.3) is 0 Å². The molecule has 0 amide bonds. The molecule has 1 heterocycles. The van der Waals surface area contributed by atoms with Crippen molar-refractivity contribution in [2.75, 3.05) is 18.0 Å². The van der Waals surface area contributed by atoms with E-state index in [1.165, 1.54) is 0 Å². The summed E-state index contributed by atoms with van der Waals surface area (Å²) in [5.41, 5.74) is 2.43. The SMILES string of the molecule is C=C(C)CN(CC)c1cccnc1C#N. The summed E-state index contributed by atoms with van der Waals surface area (Å²) in [6, 6.07) is 5.86. The van der Waals surface area contributed by atoms with E-state index in [4.69, 9.17) is 5.26 Å². The molecule has 1 rings (SSSR count). The van der Waals surface area contributed by atoms with Gasteiger partial charge in [0.15, 0.2) is 5.69 Å². The van der Waals surface area contributed by atoms with Gasteiger partial charge in [-0.2, -0.15) is 5.26 Å². The Kier molecular flexibility index (Phi) is 3.87. The lowest BCUT2D eigenvalue weighted by Gasteiger charge is -2.23. The zero-order valence-electron chi connectivity index (χ0n) is 9.20. The maximum Gasteiger partial charge on any atom is 0.163 e. The van der Waals surface area contributed by atoms with Crippen LogP contribution in [-0.2, 0) is 0 Å². The molecule has 3 heteroatoms. The second-order valence-corrected chi connectivity index (χ2v) is 3.45. The van der Waals surface area contributed by atoms with Crippen LogP contribution in [-0.4, -0.2) is 18.1 Å². The van der Waals surface area contributed by atoms with Crippen molar-refractivity contribution in [3.63, 3.8) is 0 Å². The lowest BCUT2D eigenvalue weighted by atomic mass is 10.2. The van der Waals surface area contributed by atoms with Crippen molar-refractivity contribution in [3.8, 4) is 6.07 Å². The minimum absolute atomic E-state index is 0.473. The summed E-state index contributed by atoms with van der Waals surface area (Å²) in [7, 11) is 0. The van der Waals surface area contributed by atoms with Gasteiger partial charge in [0.25, 0.3) is 0 Å². The lowest BCUT2D eigenvalue weighted by molar-refractivity contribution is 0.873. The molecule has 0 radical (unpaired) electrons. The molecule has 3 nitrogen and oxygen atoms in total. The van der Waals surface area contributed by atoms with Gasteiger partial charge in [-0.3, -0.25) is 0 Å². The number of nitriles is 1. The molecular weight excluding hydrogens is 186 g/mol. The van der Waals surface area contributed by atoms with Gasteiger partial charge in [-0.25, -0.2) is 4.98 Å². The minimum Gasteiger partial charge on any atom is -0.365 e. The predicted octanol–water partition coefficient (Wildman–Crippen LogP) is 2.36. The highest BCUT2D eigenvalue weighted by atomic mass is 15.1. The number of nitrogens with zero attached hydrogens (tertiary/aromatic N) is 3. The zero-order valence-corrected chi connectivity index (χ0v) is 9.20. The Morgan fingerprint density at radius 2 is 2.40 bits per heavy atom. The van der Waals surface area contributed by atoms with E-state index in [1.54, 1.807) is 6.20 Å². The Balaban J connectivity index is 3.01. The van der Waals surface area contributed by atoms with Gasteiger partial charge in [0.2, 0.25) is 0 Å². The van der Waals surface area contributed by atoms with Gasteiger partial charge in [0, 0.05) is 19.3 Å². The molecule has 0 atom stereocenters. The Hall–Kier alpha value is -1.82. The summed E-state index contributed by atoms with van der Waals surface area (Å²) < 4.78 is 0. The van der Waals surface area contributed by atoms with E-state index < -0.39 is 0 Å². The molecule has 0 unspecified atom stereocenters. The van der Waals surface area contributed by atoms with Crippen LogP contribution < -0.4 is 4.90 Å². The molecule has 15 heavy (non-hydrogen) atoms. The zero-order chi connectivity index (χ0) is 11.3. The molecule has 0 aliphatic carbocycles. The van der Waals surface area contributed by atoms with Crippen LogP contribution in [0.1, 0.15) is 19.5 Å². The van der Waals surface area contributed by atoms with E-state index in [0.717, 1.165) is 24.4 Å². The Morgan fingerprint density at radius 3 is 2.93 bits per heavy atom. The highest BCUT2D eigenvalue weighted by Gasteiger charge is 2.09. The molecule has 0 saturated carbocycles. The number of aromatic nitrogens is 1. The van der Waals surface area contributed by atoms with Crippen molar-refractivity contribution in [2.45, 2.75) is 13.8 Å². The summed E-state index contributed by atoms with van der Waals surface area (Å²) in [5, 5.41) is 8.94. The molecule has 0 aliphatic heterocycles. The molecule has 1 aromatic rings. The fraction of sp³-hybridized carbons (Fsp3) is 0.333. The van der Waals surface area contributed by atoms with Gasteiger partial charge in [-0.15, -0.1) is 0 Å². The average molecular weight is 201 g/mol. The van der Waals surface area contributed by atoms with Crippen molar-refractivity contribution in [1.82, 2.24) is 4.98 Å². The largest absolute Gasteiger partial charge is 0.365 e. The topological polar surface area (TPSA) is 39.9 Å². The molecule has 0 aliphatic rings. The molecule has 0 N–H and O–H groups in total. The Labute approximate surface area is 90.7 Å². The van der Waals surface area contributed by atoms with Gasteiger partial charge in [-0.1, -0.05) is 12.2 Å². The number of pyridine rings is 1. The van der Waals surface area contributed by atoms with E-state index in [-0.39, 0.29) is 0 Å². The number of hydrogen-bond acceptors (Lipinski definition) is 3. The van der Waals surface area contributed by atoms with Crippen molar-refractivity contribution in [2.24, 2.45) is 0 Å². The first kappa shape index (κ1) is 11.3. The van der Waals surface area contributed by atoms with E-state index >= 15 is 0 Å². The van der Waals surface area contributed by atoms with E-state index in [9.17, 15) is 0 Å². The number of anilines is 1. The molecule has 0 spiro atoms. The van der Waals surface area contributed by atoms with Crippen LogP contribution in [0.4, 0.5) is 5.69 Å². The van der Waals surface area contributed by atoms with E-state index in [1.807, 2.05) is 19.1 Å². The molecular formula is C12H15N3. The Bertz CT molecular complexity index is 390. The van der Waals surface area contributed by atoms with Crippen LogP contribution >= 0.6 is 0 Å². The third-order valence-corrected chi connectivity index (χ3v) is 2.08. The standard InChI is InChI=1S/C12H15N3/c1-4-15(9-10(2)3)12-6-5-7-14-11(12)8-13/h5-7H,2,4,9H2,1,3H3. The molecule has 78 valence electrons. The third kappa shape index (κ3) is 2.81. The van der Waals surface area contributed by atoms with Gasteiger partial charge < -0.3 is 4.90 Å². The molecule has 0 saturated heterocycles. The highest BCUT2D eigenvalue weighted by Crippen LogP contribution is 2.17. The van der Waals surface area contributed by atoms with E-state index in [2.05, 4.69) is 29.5 Å². The van der Waals surface area contributed by atoms with Gasteiger partial charge in [0.05, 0.1) is 5.69 Å². The normalized spacial score (nSPS) is 9.40. The van der Waals surface area contributed by atoms with Crippen molar-refractivity contribution in [3.05, 3.63) is 36.2 Å². The monoisotopic (exact) mass is 201 g/mol. The van der Waals surface area contributed by atoms with Crippen LogP contribution in [0.3, 0.4) is 0 Å². The first-order valence-electron chi connectivity index (χ1n) is 4.93. The first-order chi connectivity index (χ1) is 7.19. The first-order valence-corrected chi connectivity index (χ1v) is 4.93. The molecule has 0 fully saturated rings. The highest BCUT2D eigenvalue weighted by molar-refractivity contribution is 5.56. The van der Waals surface area contributed by atoms with Gasteiger partial charge in [-0.05, 0) is 26.0 Å². The smallest absolute Gasteiger partial charge is 0.163 e.